The lowest BCUT2D eigenvalue weighted by Crippen LogP contribution is -2.52. The average Bonchev–Trinajstić information content (AvgIpc) is 2.69. The standard InChI is InChI=1S/C28H40N2O2/c1-20-11-9-10-12-23(20)19-30(21(2)26(32)29-28(6,7)8)25(31)18-15-22-13-16-24(17-14-22)27(3,4)5/h9-14,16-17,21H,15,18-19H2,1-8H3,(H,29,32). The molecule has 1 atom stereocenters. The summed E-state index contributed by atoms with van der Waals surface area (Å²) in [5.41, 5.74) is 4.35. The van der Waals surface area contributed by atoms with E-state index in [1.807, 2.05) is 58.9 Å². The molecule has 0 saturated heterocycles. The molecule has 0 bridgehead atoms. The first kappa shape index (κ1) is 25.6. The lowest BCUT2D eigenvalue weighted by molar-refractivity contribution is -0.141. The largest absolute Gasteiger partial charge is 0.350 e. The summed E-state index contributed by atoms with van der Waals surface area (Å²) < 4.78 is 0. The van der Waals surface area contributed by atoms with Crippen LogP contribution in [0.2, 0.25) is 0 Å². The second kappa shape index (κ2) is 10.3. The first-order chi connectivity index (χ1) is 14.8. The number of nitrogens with one attached hydrogen (secondary N) is 1. The molecule has 4 nitrogen and oxygen atoms in total. The molecular weight excluding hydrogens is 396 g/mol. The quantitative estimate of drug-likeness (QED) is 0.618. The van der Waals surface area contributed by atoms with Crippen molar-refractivity contribution in [1.82, 2.24) is 10.2 Å². The van der Waals surface area contributed by atoms with Crippen molar-refractivity contribution < 1.29 is 9.59 Å². The highest BCUT2D eigenvalue weighted by Crippen LogP contribution is 2.23. The summed E-state index contributed by atoms with van der Waals surface area (Å²) in [6.07, 6.45) is 1.02. The summed E-state index contributed by atoms with van der Waals surface area (Å²) in [7, 11) is 0. The second-order valence-corrected chi connectivity index (χ2v) is 10.8. The van der Waals surface area contributed by atoms with Crippen LogP contribution in [0, 0.1) is 6.92 Å². The van der Waals surface area contributed by atoms with Crippen LogP contribution in [0.15, 0.2) is 48.5 Å². The molecule has 2 amide bonds. The van der Waals surface area contributed by atoms with E-state index in [9.17, 15) is 9.59 Å². The van der Waals surface area contributed by atoms with Crippen molar-refractivity contribution in [2.24, 2.45) is 0 Å². The highest BCUT2D eigenvalue weighted by Gasteiger charge is 2.28. The SMILES string of the molecule is Cc1ccccc1CN(C(=O)CCc1ccc(C(C)(C)C)cc1)C(C)C(=O)NC(C)(C)C. The first-order valence-corrected chi connectivity index (χ1v) is 11.5. The molecule has 0 saturated carbocycles. The topological polar surface area (TPSA) is 49.4 Å². The van der Waals surface area contributed by atoms with E-state index in [-0.39, 0.29) is 22.8 Å². The molecule has 2 rings (SSSR count). The number of hydrogen-bond donors (Lipinski definition) is 1. The number of amides is 2. The summed E-state index contributed by atoms with van der Waals surface area (Å²) in [5.74, 6) is -0.140. The Morgan fingerprint density at radius 3 is 2.06 bits per heavy atom. The van der Waals surface area contributed by atoms with Crippen LogP contribution in [0.4, 0.5) is 0 Å². The summed E-state index contributed by atoms with van der Waals surface area (Å²) in [4.78, 5) is 27.9. The van der Waals surface area contributed by atoms with Crippen LogP contribution < -0.4 is 5.32 Å². The third-order valence-corrected chi connectivity index (χ3v) is 5.71. The fourth-order valence-corrected chi connectivity index (χ4v) is 3.59. The van der Waals surface area contributed by atoms with E-state index < -0.39 is 6.04 Å². The molecule has 2 aromatic rings. The van der Waals surface area contributed by atoms with Gasteiger partial charge in [0.05, 0.1) is 0 Å². The molecule has 1 unspecified atom stereocenters. The number of nitrogens with zero attached hydrogens (tertiary/aromatic N) is 1. The Hall–Kier alpha value is -2.62. The van der Waals surface area contributed by atoms with Crippen LogP contribution >= 0.6 is 0 Å². The number of carbonyl (C=O) groups excluding carboxylic acids is 2. The van der Waals surface area contributed by atoms with Crippen molar-refractivity contribution in [3.8, 4) is 0 Å². The van der Waals surface area contributed by atoms with Crippen molar-refractivity contribution in [3.05, 3.63) is 70.8 Å². The van der Waals surface area contributed by atoms with E-state index in [4.69, 9.17) is 0 Å². The zero-order chi connectivity index (χ0) is 24.1. The Bertz CT molecular complexity index is 918. The molecule has 0 spiro atoms. The molecule has 0 aliphatic rings. The van der Waals surface area contributed by atoms with E-state index >= 15 is 0 Å². The molecule has 32 heavy (non-hydrogen) atoms. The predicted octanol–water partition coefficient (Wildman–Crippen LogP) is 5.56. The third-order valence-electron chi connectivity index (χ3n) is 5.71. The number of aryl methyl sites for hydroxylation is 2. The highest BCUT2D eigenvalue weighted by molar-refractivity contribution is 5.87. The van der Waals surface area contributed by atoms with Gasteiger partial charge in [-0.25, -0.2) is 0 Å². The highest BCUT2D eigenvalue weighted by atomic mass is 16.2. The van der Waals surface area contributed by atoms with Gasteiger partial charge in [0.2, 0.25) is 11.8 Å². The summed E-state index contributed by atoms with van der Waals surface area (Å²) in [5, 5.41) is 3.02. The monoisotopic (exact) mass is 436 g/mol. The van der Waals surface area contributed by atoms with E-state index in [1.165, 1.54) is 5.56 Å². The molecule has 2 aromatic carbocycles. The van der Waals surface area contributed by atoms with Crippen LogP contribution in [0.1, 0.15) is 77.1 Å². The van der Waals surface area contributed by atoms with Gasteiger partial charge in [-0.2, -0.15) is 0 Å². The molecule has 1 N–H and O–H groups in total. The molecule has 0 radical (unpaired) electrons. The van der Waals surface area contributed by atoms with Gasteiger partial charge in [0.15, 0.2) is 0 Å². The number of carbonyl (C=O) groups is 2. The van der Waals surface area contributed by atoms with Crippen molar-refractivity contribution in [2.75, 3.05) is 0 Å². The van der Waals surface area contributed by atoms with Crippen LogP contribution in [0.5, 0.6) is 0 Å². The third kappa shape index (κ3) is 7.51. The van der Waals surface area contributed by atoms with Crippen molar-refractivity contribution >= 4 is 11.8 Å². The van der Waals surface area contributed by atoms with Crippen LogP contribution in [-0.2, 0) is 28.0 Å². The molecule has 0 aromatic heterocycles. The Morgan fingerprint density at radius 2 is 1.53 bits per heavy atom. The molecule has 0 aliphatic carbocycles. The number of rotatable bonds is 7. The Balaban J connectivity index is 2.17. The first-order valence-electron chi connectivity index (χ1n) is 11.5. The van der Waals surface area contributed by atoms with Crippen LogP contribution in [0.3, 0.4) is 0 Å². The van der Waals surface area contributed by atoms with Crippen molar-refractivity contribution in [3.63, 3.8) is 0 Å². The summed E-state index contributed by atoms with van der Waals surface area (Å²) in [6.45, 7) is 16.7. The molecule has 0 heterocycles. The maximum Gasteiger partial charge on any atom is 0.242 e. The van der Waals surface area contributed by atoms with E-state index in [2.05, 4.69) is 50.4 Å². The van der Waals surface area contributed by atoms with Gasteiger partial charge in [-0.3, -0.25) is 9.59 Å². The number of hydrogen-bond acceptors (Lipinski definition) is 2. The smallest absolute Gasteiger partial charge is 0.242 e. The molecule has 0 fully saturated rings. The molecule has 174 valence electrons. The minimum atomic E-state index is -0.551. The lowest BCUT2D eigenvalue weighted by Gasteiger charge is -2.32. The van der Waals surface area contributed by atoms with Gasteiger partial charge in [-0.05, 0) is 68.7 Å². The summed E-state index contributed by atoms with van der Waals surface area (Å²) in [6, 6.07) is 16.0. The normalized spacial score (nSPS) is 12.9. The van der Waals surface area contributed by atoms with Gasteiger partial charge in [0, 0.05) is 18.5 Å². The Morgan fingerprint density at radius 1 is 0.938 bits per heavy atom. The van der Waals surface area contributed by atoms with Gasteiger partial charge in [0.25, 0.3) is 0 Å². The van der Waals surface area contributed by atoms with Crippen molar-refractivity contribution in [2.45, 2.75) is 91.8 Å². The van der Waals surface area contributed by atoms with Gasteiger partial charge in [-0.1, -0.05) is 69.3 Å². The maximum absolute atomic E-state index is 13.3. The maximum atomic E-state index is 13.3. The minimum absolute atomic E-state index is 0.00953. The van der Waals surface area contributed by atoms with Gasteiger partial charge < -0.3 is 10.2 Å². The van der Waals surface area contributed by atoms with Gasteiger partial charge >= 0.3 is 0 Å². The Kier molecular flexibility index (Phi) is 8.28. The zero-order valence-corrected chi connectivity index (χ0v) is 21.1. The molecule has 0 aliphatic heterocycles. The van der Waals surface area contributed by atoms with E-state index in [0.29, 0.717) is 19.4 Å². The fraction of sp³-hybridized carbons (Fsp3) is 0.500. The minimum Gasteiger partial charge on any atom is -0.350 e. The van der Waals surface area contributed by atoms with Gasteiger partial charge in [-0.15, -0.1) is 0 Å². The zero-order valence-electron chi connectivity index (χ0n) is 21.1. The van der Waals surface area contributed by atoms with Crippen LogP contribution in [-0.4, -0.2) is 28.3 Å². The van der Waals surface area contributed by atoms with Crippen molar-refractivity contribution in [1.29, 1.82) is 0 Å². The van der Waals surface area contributed by atoms with Crippen LogP contribution in [0.25, 0.3) is 0 Å². The van der Waals surface area contributed by atoms with E-state index in [1.54, 1.807) is 4.90 Å². The predicted molar refractivity (Wildman–Crippen MR) is 133 cm³/mol. The van der Waals surface area contributed by atoms with E-state index in [0.717, 1.165) is 16.7 Å². The second-order valence-electron chi connectivity index (χ2n) is 10.8. The lowest BCUT2D eigenvalue weighted by atomic mass is 9.86. The Labute approximate surface area is 194 Å². The molecular formula is C28H40N2O2. The summed E-state index contributed by atoms with van der Waals surface area (Å²) >= 11 is 0. The fourth-order valence-electron chi connectivity index (χ4n) is 3.59. The number of benzene rings is 2. The molecule has 4 heteroatoms. The average molecular weight is 437 g/mol. The van der Waals surface area contributed by atoms with Gasteiger partial charge in [0.1, 0.15) is 6.04 Å².